The van der Waals surface area contributed by atoms with Crippen molar-refractivity contribution in [1.82, 2.24) is 64.5 Å². The molecule has 12 rings (SSSR count). The van der Waals surface area contributed by atoms with Crippen molar-refractivity contribution in [2.45, 2.75) is 111 Å². The topological polar surface area (TPSA) is 299 Å². The third-order valence-electron chi connectivity index (χ3n) is 15.3. The molecule has 3 saturated heterocycles. The standard InChI is InChI=1S/C20H24N6OS.C19H23N5O4S.C19H25N5O2S2/c1-3-17(27)26-10-4-5-13(12-26)24-18-14-6-8-21-19(14)23-11-15(18)16-7-9-22-20(25-16)28-2;1-3-15(25)24-8-4-5-12(11-24)23-17-13-6-7-20-18(13)21-9-14(17)19-22-10-16(28-19)29(2,26)27;1-3-8-24-9-4-5-13(12-24)23-17-14-6-7-20-18(14)21-10-15(17)19-22-11-16(27-19)28(2,25)26/h6-9,11,13H,3-5,10,12H2,1-2H3,(H2,21,23,24);6-7,9-10,12H,3-5,8,11H2,1-2H3,(H2,20,21,23);6-7,10-11,13H,3-5,8-9,12H2,1-2H3,(H2,20,21,23)/t13-;12-;13-/m111/s1. The highest BCUT2D eigenvalue weighted by molar-refractivity contribution is 7.98. The average Bonchev–Trinajstić information content (AvgIpc) is 3.66. The number of sulfone groups is 2. The number of amides is 2. The first kappa shape index (κ1) is 60.7. The minimum Gasteiger partial charge on any atom is -0.425 e. The largest absolute Gasteiger partial charge is 0.425 e. The first-order chi connectivity index (χ1) is 41.0. The van der Waals surface area contributed by atoms with Gasteiger partial charge in [0.05, 0.1) is 46.3 Å². The summed E-state index contributed by atoms with van der Waals surface area (Å²) in [5.74, 6) is 0.540. The van der Waals surface area contributed by atoms with E-state index in [2.05, 4.69) is 77.6 Å². The molecule has 6 N–H and O–H groups in total. The number of pyridine rings is 3. The summed E-state index contributed by atoms with van der Waals surface area (Å²) in [7, 11) is -6.77. The van der Waals surface area contributed by atoms with Gasteiger partial charge in [-0.2, -0.15) is 0 Å². The number of fused-ring (bicyclic) bond motifs is 3. The average molecular weight is 1230 g/mol. The number of hydrogen-bond acceptors (Lipinski definition) is 20. The number of rotatable bonds is 16. The number of piperidine rings is 3. The summed E-state index contributed by atoms with van der Waals surface area (Å²) in [5, 5.41) is 15.0. The van der Waals surface area contributed by atoms with Crippen LogP contribution < -0.4 is 16.0 Å². The minimum atomic E-state index is -3.50. The highest BCUT2D eigenvalue weighted by atomic mass is 32.2. The van der Waals surface area contributed by atoms with Gasteiger partial charge in [0.15, 0.2) is 15.0 Å². The number of nitrogens with one attached hydrogen (secondary N) is 6. The van der Waals surface area contributed by atoms with Gasteiger partial charge in [0, 0.05) is 141 Å². The van der Waals surface area contributed by atoms with Crippen molar-refractivity contribution in [3.63, 3.8) is 0 Å². The van der Waals surface area contributed by atoms with E-state index in [1.165, 1.54) is 48.2 Å². The number of hydrogen-bond donors (Lipinski definition) is 6. The molecule has 0 aliphatic carbocycles. The second-order valence-corrected chi connectivity index (χ2v) is 27.4. The number of thioether (sulfide) groups is 1. The molecule has 23 nitrogen and oxygen atoms in total. The van der Waals surface area contributed by atoms with Crippen LogP contribution in [0.25, 0.3) is 66.4 Å². The maximum absolute atomic E-state index is 12.2. The smallest absolute Gasteiger partial charge is 0.238 e. The van der Waals surface area contributed by atoms with Crippen molar-refractivity contribution >= 4 is 105 Å². The van der Waals surface area contributed by atoms with E-state index in [0.29, 0.717) is 41.6 Å². The molecule has 3 atom stereocenters. The predicted octanol–water partition coefficient (Wildman–Crippen LogP) is 9.37. The van der Waals surface area contributed by atoms with Gasteiger partial charge in [-0.05, 0) is 88.6 Å². The molecule has 0 aromatic carbocycles. The number of oxazole rings is 1. The Morgan fingerprint density at radius 2 is 1.15 bits per heavy atom. The summed E-state index contributed by atoms with van der Waals surface area (Å²) < 4.78 is 53.1. The van der Waals surface area contributed by atoms with Crippen LogP contribution in [0, 0.1) is 0 Å². The van der Waals surface area contributed by atoms with Crippen molar-refractivity contribution in [1.29, 1.82) is 0 Å². The molecule has 0 bridgehead atoms. The molecule has 9 aromatic heterocycles. The van der Waals surface area contributed by atoms with Gasteiger partial charge in [0.1, 0.15) is 26.2 Å². The zero-order valence-electron chi connectivity index (χ0n) is 48.5. The fourth-order valence-electron chi connectivity index (χ4n) is 11.1. The van der Waals surface area contributed by atoms with Crippen LogP contribution in [-0.4, -0.2) is 176 Å². The van der Waals surface area contributed by atoms with E-state index < -0.39 is 19.7 Å². The lowest BCUT2D eigenvalue weighted by atomic mass is 10.0. The van der Waals surface area contributed by atoms with Crippen LogP contribution in [0.1, 0.15) is 78.6 Å². The summed E-state index contributed by atoms with van der Waals surface area (Å²) in [6.07, 6.45) is 27.8. The van der Waals surface area contributed by atoms with Gasteiger partial charge in [0.25, 0.3) is 0 Å². The molecule has 0 radical (unpaired) electrons. The summed E-state index contributed by atoms with van der Waals surface area (Å²) in [6.45, 7) is 12.2. The molecule has 27 heteroatoms. The lowest BCUT2D eigenvalue weighted by molar-refractivity contribution is -0.132. The molecule has 85 heavy (non-hydrogen) atoms. The number of carbonyl (C=O) groups is 2. The second kappa shape index (κ2) is 26.9. The van der Waals surface area contributed by atoms with Gasteiger partial charge in [-0.15, -0.1) is 11.3 Å². The van der Waals surface area contributed by atoms with Crippen molar-refractivity contribution in [3.8, 4) is 33.3 Å². The van der Waals surface area contributed by atoms with E-state index in [-0.39, 0.29) is 39.1 Å². The number of carbonyl (C=O) groups excluding carboxylic acids is 2. The lowest BCUT2D eigenvalue weighted by Gasteiger charge is -2.34. The SMILES string of the molecule is CCC(=O)N1CCC[C@@H](Nc2c(-c3ccnc(SC)n3)cnc3[nH]ccc23)C1.CCC(=O)N1CCC[C@@H](Nc2c(-c3ncc(S(C)(=O)=O)o3)cnc3[nH]ccc23)C1.CCCN1CCC[C@@H](Nc2c(-c3ncc(S(C)(=O)=O)s3)cnc3[nH]ccc23)C1. The Kier molecular flexibility index (Phi) is 19.2. The summed E-state index contributed by atoms with van der Waals surface area (Å²) in [4.78, 5) is 71.0. The van der Waals surface area contributed by atoms with E-state index >= 15 is 0 Å². The van der Waals surface area contributed by atoms with Gasteiger partial charge in [0.2, 0.25) is 32.6 Å². The fourth-order valence-corrected chi connectivity index (χ4v) is 13.7. The number of aromatic amines is 3. The van der Waals surface area contributed by atoms with Gasteiger partial charge in [-0.25, -0.2) is 51.7 Å². The molecule has 0 unspecified atom stereocenters. The maximum atomic E-state index is 12.2. The van der Waals surface area contributed by atoms with Crippen LogP contribution in [0.4, 0.5) is 17.1 Å². The molecule has 3 aliphatic heterocycles. The van der Waals surface area contributed by atoms with Crippen LogP contribution in [-0.2, 0) is 29.3 Å². The van der Waals surface area contributed by atoms with Gasteiger partial charge in [-0.3, -0.25) is 9.59 Å². The molecular weight excluding hydrogens is 1160 g/mol. The normalized spacial score (nSPS) is 17.7. The molecular formula is C58H72N16O7S4. The van der Waals surface area contributed by atoms with Crippen LogP contribution in [0.15, 0.2) is 98.9 Å². The number of aromatic nitrogens is 10. The van der Waals surface area contributed by atoms with Crippen LogP contribution >= 0.6 is 23.1 Å². The van der Waals surface area contributed by atoms with E-state index in [0.717, 1.165) is 151 Å². The zero-order chi connectivity index (χ0) is 59.8. The molecule has 0 saturated carbocycles. The Hall–Kier alpha value is -7.46. The Morgan fingerprint density at radius 3 is 1.66 bits per heavy atom. The number of thiazole rings is 1. The number of anilines is 3. The van der Waals surface area contributed by atoms with E-state index in [1.54, 1.807) is 24.8 Å². The first-order valence-electron chi connectivity index (χ1n) is 28.7. The predicted molar refractivity (Wildman–Crippen MR) is 334 cm³/mol. The number of H-pyrrole nitrogens is 3. The van der Waals surface area contributed by atoms with E-state index in [1.807, 2.05) is 72.8 Å². The molecule has 3 aliphatic rings. The quantitative estimate of drug-likeness (QED) is 0.0388. The first-order valence-corrected chi connectivity index (χ1v) is 34.5. The van der Waals surface area contributed by atoms with Crippen LogP contribution in [0.5, 0.6) is 0 Å². The van der Waals surface area contributed by atoms with Crippen molar-refractivity contribution in [2.75, 3.05) is 80.5 Å². The number of likely N-dealkylation sites (tertiary alicyclic amines) is 3. The molecule has 450 valence electrons. The fraction of sp³-hybridized carbons (Fsp3) is 0.431. The Labute approximate surface area is 502 Å². The Bertz CT molecular complexity index is 4020. The second-order valence-electron chi connectivity index (χ2n) is 21.4. The van der Waals surface area contributed by atoms with Crippen molar-refractivity contribution < 1.29 is 30.8 Å². The summed E-state index contributed by atoms with van der Waals surface area (Å²) >= 11 is 2.71. The third-order valence-corrected chi connectivity index (χ3v) is 19.6. The molecule has 9 aromatic rings. The Morgan fingerprint density at radius 1 is 0.635 bits per heavy atom. The third kappa shape index (κ3) is 14.3. The molecule has 12 heterocycles. The number of nitrogens with zero attached hydrogens (tertiary/aromatic N) is 10. The zero-order valence-corrected chi connectivity index (χ0v) is 51.8. The van der Waals surface area contributed by atoms with Gasteiger partial charge >= 0.3 is 0 Å². The van der Waals surface area contributed by atoms with Crippen molar-refractivity contribution in [3.05, 3.63) is 80.0 Å². The van der Waals surface area contributed by atoms with Gasteiger partial charge in [-0.1, -0.05) is 32.5 Å². The van der Waals surface area contributed by atoms with Crippen LogP contribution in [0.3, 0.4) is 0 Å². The maximum Gasteiger partial charge on any atom is 0.238 e. The molecule has 3 fully saturated rings. The highest BCUT2D eigenvalue weighted by Crippen LogP contribution is 2.39. The summed E-state index contributed by atoms with van der Waals surface area (Å²) in [5.41, 5.74) is 8.30. The van der Waals surface area contributed by atoms with Crippen LogP contribution in [0.2, 0.25) is 0 Å². The van der Waals surface area contributed by atoms with E-state index in [9.17, 15) is 26.4 Å². The summed E-state index contributed by atoms with van der Waals surface area (Å²) in [6, 6.07) is 8.44. The van der Waals surface area contributed by atoms with Gasteiger partial charge < -0.3 is 50.0 Å². The Balaban J connectivity index is 0.000000142. The lowest BCUT2D eigenvalue weighted by Crippen LogP contribution is -2.45. The monoisotopic (exact) mass is 1230 g/mol. The minimum absolute atomic E-state index is 0.0582. The van der Waals surface area contributed by atoms with E-state index in [4.69, 9.17) is 4.42 Å². The molecule has 2 amide bonds. The van der Waals surface area contributed by atoms with Crippen molar-refractivity contribution in [2.24, 2.45) is 0 Å². The highest BCUT2D eigenvalue weighted by Gasteiger charge is 2.29. The molecule has 0 spiro atoms.